The highest BCUT2D eigenvalue weighted by Gasteiger charge is 2.34. The molecule has 0 aliphatic rings. The molecule has 8 aromatic carbocycles. The zero-order valence-corrected chi connectivity index (χ0v) is 61.4. The number of esters is 2. The SMILES string of the molecule is CCC(C)C(C(=O)O)c1c(C)n(C(=O)c2ccc(F)c(F)c2)c2ccc(O)cc12.CCCCc1c(O)ccc2c1c(OC(C)=O)c(C)n2C(=O)c1ccc(F)c(F)c1.CCCc1c(O)ccc2c1c(OC(C)=O)c(C)n2C(=O)c1ccc(F)c(F)c1.Cc1c(CC(=O)O)c2cc(O)ccc2n1C(=O)c1ccc(F)c(F)c1. The first-order chi connectivity index (χ1) is 52.5. The molecule has 12 rings (SSSR count). The Labute approximate surface area is 628 Å². The van der Waals surface area contributed by atoms with Crippen LogP contribution in [0.5, 0.6) is 34.5 Å². The fraction of sp³-hybridized carbons (Fsp3) is 0.229. The number of carboxylic acids is 2. The molecule has 0 spiro atoms. The third-order valence-corrected chi connectivity index (χ3v) is 18.7. The molecule has 2 atom stereocenters. The molecular formula is C83H74F8N4O16. The summed E-state index contributed by atoms with van der Waals surface area (Å²) in [4.78, 5) is 98.6. The number of halogens is 8. The lowest BCUT2D eigenvalue weighted by Gasteiger charge is -2.20. The van der Waals surface area contributed by atoms with Gasteiger partial charge in [-0.15, -0.1) is 0 Å². The molecule has 4 aromatic heterocycles. The van der Waals surface area contributed by atoms with E-state index in [1.54, 1.807) is 34.6 Å². The summed E-state index contributed by atoms with van der Waals surface area (Å²) >= 11 is 0. The number of hydrogen-bond acceptors (Lipinski definition) is 14. The number of fused-ring (bicyclic) bond motifs is 4. The molecule has 28 heteroatoms. The Hall–Kier alpha value is -12.9. The second-order valence-electron chi connectivity index (χ2n) is 26.1. The highest BCUT2D eigenvalue weighted by Crippen LogP contribution is 2.44. The van der Waals surface area contributed by atoms with E-state index in [2.05, 4.69) is 0 Å². The van der Waals surface area contributed by atoms with Crippen molar-refractivity contribution in [2.45, 2.75) is 120 Å². The third-order valence-electron chi connectivity index (χ3n) is 18.7. The van der Waals surface area contributed by atoms with E-state index >= 15 is 0 Å². The summed E-state index contributed by atoms with van der Waals surface area (Å²) < 4.78 is 123. The zero-order valence-electron chi connectivity index (χ0n) is 61.4. The van der Waals surface area contributed by atoms with Gasteiger partial charge in [0.15, 0.2) is 58.0 Å². The fourth-order valence-electron chi connectivity index (χ4n) is 13.3. The highest BCUT2D eigenvalue weighted by atomic mass is 19.2. The van der Waals surface area contributed by atoms with Crippen molar-refractivity contribution in [1.29, 1.82) is 0 Å². The molecule has 0 fully saturated rings. The topological polar surface area (TPSA) is 296 Å². The van der Waals surface area contributed by atoms with Crippen LogP contribution in [0.3, 0.4) is 0 Å². The molecule has 12 aromatic rings. The Kier molecular flexibility index (Phi) is 25.3. The lowest BCUT2D eigenvalue weighted by molar-refractivity contribution is -0.140. The van der Waals surface area contributed by atoms with Gasteiger partial charge in [0, 0.05) is 69.4 Å². The molecule has 0 radical (unpaired) electrons. The molecule has 0 aliphatic heterocycles. The largest absolute Gasteiger partial charge is 0.508 e. The first-order valence-corrected chi connectivity index (χ1v) is 34.7. The quantitative estimate of drug-likeness (QED) is 0.0365. The van der Waals surface area contributed by atoms with Gasteiger partial charge in [0.05, 0.1) is 56.6 Å². The van der Waals surface area contributed by atoms with Gasteiger partial charge in [0.1, 0.15) is 23.0 Å². The number of aryl methyl sites for hydroxylation is 2. The number of carbonyl (C=O) groups is 8. The number of nitrogens with zero attached hydrogens (tertiary/aromatic N) is 4. The molecule has 0 saturated heterocycles. The van der Waals surface area contributed by atoms with Crippen LogP contribution < -0.4 is 9.47 Å². The molecule has 0 bridgehead atoms. The van der Waals surface area contributed by atoms with Crippen LogP contribution in [-0.4, -0.2) is 96.4 Å². The second kappa shape index (κ2) is 34.1. The fourth-order valence-corrected chi connectivity index (χ4v) is 13.3. The lowest BCUT2D eigenvalue weighted by atomic mass is 9.84. The molecule has 0 saturated carbocycles. The van der Waals surface area contributed by atoms with Crippen molar-refractivity contribution in [3.63, 3.8) is 0 Å². The molecule has 2 unspecified atom stereocenters. The van der Waals surface area contributed by atoms with Gasteiger partial charge in [-0.25, -0.2) is 35.1 Å². The molecule has 0 amide bonds. The molecule has 111 heavy (non-hydrogen) atoms. The van der Waals surface area contributed by atoms with E-state index in [0.717, 1.165) is 67.4 Å². The zero-order chi connectivity index (χ0) is 81.6. The number of ether oxygens (including phenoxy) is 2. The third kappa shape index (κ3) is 16.9. The van der Waals surface area contributed by atoms with Crippen molar-refractivity contribution < 1.29 is 114 Å². The van der Waals surface area contributed by atoms with Gasteiger partial charge in [0.2, 0.25) is 0 Å². The standard InChI is InChI=1S/2C22H21F2NO4.C21H19F2NO4.C18H13F2NO4/c1-4-11(2)19(22(28)29)20-12(3)25(18-8-6-14(26)10-15(18)20)21(27)13-5-7-16(23)17(24)9-13;1-4-5-6-15-19(27)10-9-18-20(15)21(29-13(3)26)12(2)25(18)22(28)14-7-8-16(23)17(24)11-14;1-4-5-14-18(26)9-8-17-19(14)20(28-12(3)25)11(2)24(17)21(27)13-6-7-15(22)16(23)10-13;1-9-12(8-17(23)24)13-7-11(22)3-5-16(13)21(9)18(25)10-2-4-14(19)15(20)6-10/h5-11,19,26H,4H2,1-3H3,(H,28,29);7-11,27H,4-6H2,1-3H3;6-10,26H,4-5H2,1-3H3;2-7,22H,8H2,1H3,(H,23,24). The number of carboxylic acid groups (broad SMARTS) is 2. The number of aromatic nitrogens is 4. The van der Waals surface area contributed by atoms with Gasteiger partial charge in [-0.3, -0.25) is 56.6 Å². The Bertz CT molecular complexity index is 5750. The summed E-state index contributed by atoms with van der Waals surface area (Å²) in [6, 6.07) is 26.0. The van der Waals surface area contributed by atoms with Crippen LogP contribution in [0.1, 0.15) is 160 Å². The van der Waals surface area contributed by atoms with Gasteiger partial charge in [0.25, 0.3) is 23.6 Å². The monoisotopic (exact) mass is 1530 g/mol. The summed E-state index contributed by atoms with van der Waals surface area (Å²) in [5.74, 6) is -15.4. The number of phenolic OH excluding ortho intramolecular Hbond substituents is 4. The van der Waals surface area contributed by atoms with Crippen LogP contribution in [0.25, 0.3) is 43.6 Å². The number of benzene rings is 8. The van der Waals surface area contributed by atoms with Gasteiger partial charge in [-0.1, -0.05) is 47.0 Å². The smallest absolute Gasteiger partial charge is 0.311 e. The van der Waals surface area contributed by atoms with Gasteiger partial charge >= 0.3 is 23.9 Å². The van der Waals surface area contributed by atoms with Crippen molar-refractivity contribution in [3.8, 4) is 34.5 Å². The highest BCUT2D eigenvalue weighted by molar-refractivity contribution is 6.10. The number of rotatable bonds is 17. The first kappa shape index (κ1) is 82.2. The molecule has 0 aliphatic carbocycles. The molecule has 6 N–H and O–H groups in total. The predicted octanol–water partition coefficient (Wildman–Crippen LogP) is 17.5. The summed E-state index contributed by atoms with van der Waals surface area (Å²) in [5.41, 5.74) is 4.64. The number of aromatic hydroxyl groups is 4. The maximum Gasteiger partial charge on any atom is 0.311 e. The van der Waals surface area contributed by atoms with Crippen LogP contribution in [0, 0.1) is 80.2 Å². The molecule has 20 nitrogen and oxygen atoms in total. The van der Waals surface area contributed by atoms with Gasteiger partial charge in [-0.05, 0) is 197 Å². The van der Waals surface area contributed by atoms with Gasteiger partial charge < -0.3 is 40.1 Å². The van der Waals surface area contributed by atoms with Gasteiger partial charge in [-0.2, -0.15) is 0 Å². The average Bonchev–Trinajstić information content (AvgIpc) is 1.61. The minimum absolute atomic E-state index is 0.0279. The van der Waals surface area contributed by atoms with Crippen LogP contribution in [-0.2, 0) is 38.4 Å². The maximum absolute atomic E-state index is 13.7. The van der Waals surface area contributed by atoms with E-state index in [0.29, 0.717) is 114 Å². The van der Waals surface area contributed by atoms with Crippen molar-refractivity contribution in [2.24, 2.45) is 5.92 Å². The number of carbonyl (C=O) groups excluding carboxylic acids is 6. The van der Waals surface area contributed by atoms with Crippen LogP contribution >= 0.6 is 0 Å². The van der Waals surface area contributed by atoms with E-state index in [9.17, 15) is 99.0 Å². The minimum atomic E-state index is -1.15. The molecular weight excluding hydrogens is 1460 g/mol. The van der Waals surface area contributed by atoms with Crippen LogP contribution in [0.2, 0.25) is 0 Å². The maximum atomic E-state index is 13.7. The average molecular weight is 1540 g/mol. The van der Waals surface area contributed by atoms with E-state index in [-0.39, 0.29) is 69.1 Å². The number of hydrogen-bond donors (Lipinski definition) is 6. The van der Waals surface area contributed by atoms with Crippen LogP contribution in [0.4, 0.5) is 35.1 Å². The van der Waals surface area contributed by atoms with E-state index in [1.165, 1.54) is 111 Å². The number of unbranched alkanes of at least 4 members (excludes halogenated alkanes) is 1. The van der Waals surface area contributed by atoms with Crippen molar-refractivity contribution >= 4 is 91.1 Å². The summed E-state index contributed by atoms with van der Waals surface area (Å²) in [7, 11) is 0. The predicted molar refractivity (Wildman–Crippen MR) is 394 cm³/mol. The summed E-state index contributed by atoms with van der Waals surface area (Å²) in [6.45, 7) is 16.5. The summed E-state index contributed by atoms with van der Waals surface area (Å²) in [5, 5.41) is 61.1. The molecule has 578 valence electrons. The Morgan fingerprint density at radius 2 is 0.757 bits per heavy atom. The van der Waals surface area contributed by atoms with E-state index < -0.39 is 100.0 Å². The Balaban J connectivity index is 0.000000170. The van der Waals surface area contributed by atoms with Crippen LogP contribution in [0.15, 0.2) is 133 Å². The number of aliphatic carboxylic acids is 2. The Morgan fingerprint density at radius 3 is 1.10 bits per heavy atom. The van der Waals surface area contributed by atoms with Crippen molar-refractivity contribution in [2.75, 3.05) is 0 Å². The number of phenols is 4. The normalized spacial score (nSPS) is 11.7. The van der Waals surface area contributed by atoms with Crippen molar-refractivity contribution in [1.82, 2.24) is 18.3 Å². The Morgan fingerprint density at radius 1 is 0.405 bits per heavy atom. The lowest BCUT2D eigenvalue weighted by Crippen LogP contribution is -2.21. The second-order valence-corrected chi connectivity index (χ2v) is 26.1. The van der Waals surface area contributed by atoms with E-state index in [4.69, 9.17) is 14.6 Å². The summed E-state index contributed by atoms with van der Waals surface area (Å²) in [6.07, 6.45) is 3.66. The van der Waals surface area contributed by atoms with Crippen molar-refractivity contribution in [3.05, 3.63) is 247 Å². The first-order valence-electron chi connectivity index (χ1n) is 34.7. The van der Waals surface area contributed by atoms with E-state index in [1.807, 2.05) is 20.8 Å². The minimum Gasteiger partial charge on any atom is -0.508 e. The molecule has 4 heterocycles.